The van der Waals surface area contributed by atoms with Gasteiger partial charge in [0, 0.05) is 5.56 Å². The highest BCUT2D eigenvalue weighted by Crippen LogP contribution is 2.04. The highest BCUT2D eigenvalue weighted by molar-refractivity contribution is 6.67. The van der Waals surface area contributed by atoms with E-state index in [9.17, 15) is 9.18 Å². The van der Waals surface area contributed by atoms with E-state index in [4.69, 9.17) is 13.0 Å². The Bertz CT molecular complexity index is 300. The average molecular weight is 160 g/mol. The molecule has 0 saturated carbocycles. The summed E-state index contributed by atoms with van der Waals surface area (Å²) in [6, 6.07) is 3.04. The minimum absolute atomic E-state index is 0.137. The highest BCUT2D eigenvalue weighted by atomic mass is 35.5. The molecule has 0 spiro atoms. The lowest BCUT2D eigenvalue weighted by atomic mass is 10.2. The molecule has 0 aliphatic carbocycles. The van der Waals surface area contributed by atoms with Crippen LogP contribution < -0.4 is 0 Å². The van der Waals surface area contributed by atoms with Gasteiger partial charge in [0.2, 0.25) is 0 Å². The summed E-state index contributed by atoms with van der Waals surface area (Å²) in [6.07, 6.45) is 0. The van der Waals surface area contributed by atoms with Crippen LogP contribution in [0.25, 0.3) is 0 Å². The van der Waals surface area contributed by atoms with Gasteiger partial charge in [-0.3, -0.25) is 4.79 Å². The molecule has 0 atom stereocenters. The van der Waals surface area contributed by atoms with Crippen LogP contribution in [0.3, 0.4) is 0 Å². The second kappa shape index (κ2) is 2.80. The van der Waals surface area contributed by atoms with E-state index in [2.05, 4.69) is 0 Å². The van der Waals surface area contributed by atoms with Crippen molar-refractivity contribution in [1.82, 2.24) is 0 Å². The van der Waals surface area contributed by atoms with E-state index < -0.39 is 11.1 Å². The van der Waals surface area contributed by atoms with Gasteiger partial charge in [-0.15, -0.1) is 0 Å². The molecule has 0 fully saturated rings. The van der Waals surface area contributed by atoms with Gasteiger partial charge in [0.25, 0.3) is 5.24 Å². The summed E-state index contributed by atoms with van der Waals surface area (Å²) in [7, 11) is 0. The normalized spacial score (nSPS) is 10.8. The Hall–Kier alpha value is -0.890. The minimum Gasteiger partial charge on any atom is -0.276 e. The second-order valence-electron chi connectivity index (χ2n) is 1.70. The molecule has 0 saturated heterocycles. The maximum atomic E-state index is 12.4. The third-order valence-corrected chi connectivity index (χ3v) is 1.22. The summed E-state index contributed by atoms with van der Waals surface area (Å²) < 4.78 is 19.4. The SMILES string of the molecule is [2H]c1cc(C(=O)Cl)ccc1F. The van der Waals surface area contributed by atoms with Crippen molar-refractivity contribution in [3.8, 4) is 0 Å². The van der Waals surface area contributed by atoms with E-state index in [-0.39, 0.29) is 11.6 Å². The molecule has 10 heavy (non-hydrogen) atoms. The molecular formula is C7H4ClFO. The van der Waals surface area contributed by atoms with E-state index in [1.165, 1.54) is 6.07 Å². The molecule has 1 rings (SSSR count). The molecule has 0 amide bonds. The molecule has 0 heterocycles. The third-order valence-electron chi connectivity index (χ3n) is 1.00. The summed E-state index contributed by atoms with van der Waals surface area (Å²) in [4.78, 5) is 10.5. The average Bonchev–Trinajstić information content (AvgIpc) is 1.94. The van der Waals surface area contributed by atoms with Crippen molar-refractivity contribution in [2.24, 2.45) is 0 Å². The van der Waals surface area contributed by atoms with Crippen LogP contribution in [0.2, 0.25) is 0 Å². The zero-order chi connectivity index (χ0) is 8.43. The van der Waals surface area contributed by atoms with Crippen LogP contribution in [-0.2, 0) is 0 Å². The quantitative estimate of drug-likeness (QED) is 0.575. The van der Waals surface area contributed by atoms with Crippen LogP contribution >= 0.6 is 11.6 Å². The maximum Gasteiger partial charge on any atom is 0.252 e. The Kier molecular flexibility index (Phi) is 1.64. The van der Waals surface area contributed by atoms with Crippen molar-refractivity contribution < 1.29 is 10.6 Å². The number of hydrogen-bond donors (Lipinski definition) is 0. The highest BCUT2D eigenvalue weighted by Gasteiger charge is 1.99. The van der Waals surface area contributed by atoms with E-state index >= 15 is 0 Å². The predicted molar refractivity (Wildman–Crippen MR) is 36.6 cm³/mol. The number of rotatable bonds is 1. The number of hydrogen-bond acceptors (Lipinski definition) is 1. The Morgan fingerprint density at radius 3 is 2.80 bits per heavy atom. The minimum atomic E-state index is -0.682. The first-order valence-corrected chi connectivity index (χ1v) is 2.95. The molecule has 1 aromatic rings. The largest absolute Gasteiger partial charge is 0.276 e. The van der Waals surface area contributed by atoms with Crippen LogP contribution in [0, 0.1) is 5.82 Å². The smallest absolute Gasteiger partial charge is 0.252 e. The molecular weight excluding hydrogens is 155 g/mol. The number of carbonyl (C=O) groups excluding carboxylic acids is 1. The van der Waals surface area contributed by atoms with Gasteiger partial charge in [0.15, 0.2) is 0 Å². The van der Waals surface area contributed by atoms with E-state index in [1.54, 1.807) is 0 Å². The fourth-order valence-corrected chi connectivity index (χ4v) is 0.646. The lowest BCUT2D eigenvalue weighted by Gasteiger charge is -1.90. The van der Waals surface area contributed by atoms with Gasteiger partial charge >= 0.3 is 0 Å². The lowest BCUT2D eigenvalue weighted by Crippen LogP contribution is -1.87. The van der Waals surface area contributed by atoms with Gasteiger partial charge in [-0.05, 0) is 35.8 Å². The summed E-state index contributed by atoms with van der Waals surface area (Å²) in [5, 5.41) is -0.682. The van der Waals surface area contributed by atoms with Gasteiger partial charge in [-0.1, -0.05) is 0 Å². The Morgan fingerprint density at radius 2 is 2.30 bits per heavy atom. The first-order valence-electron chi connectivity index (χ1n) is 3.07. The number of carbonyl (C=O) groups is 1. The molecule has 1 aromatic carbocycles. The van der Waals surface area contributed by atoms with Gasteiger partial charge in [-0.25, -0.2) is 4.39 Å². The zero-order valence-electron chi connectivity index (χ0n) is 5.90. The first-order chi connectivity index (χ1) is 5.11. The molecule has 0 bridgehead atoms. The molecule has 3 heteroatoms. The summed E-state index contributed by atoms with van der Waals surface area (Å²) >= 11 is 5.08. The van der Waals surface area contributed by atoms with Gasteiger partial charge in [-0.2, -0.15) is 0 Å². The Morgan fingerprint density at radius 1 is 1.60 bits per heavy atom. The Balaban J connectivity index is 3.15. The standard InChI is InChI=1S/C7H4ClFO/c8-7(10)5-1-3-6(9)4-2-5/h1-4H/i3D. The molecule has 0 N–H and O–H groups in total. The molecule has 0 aliphatic heterocycles. The van der Waals surface area contributed by atoms with Crippen LogP contribution in [-0.4, -0.2) is 5.24 Å². The molecule has 1 nitrogen and oxygen atoms in total. The van der Waals surface area contributed by atoms with E-state index in [0.29, 0.717) is 0 Å². The predicted octanol–water partition coefficient (Wildman–Crippen LogP) is 2.20. The Labute approximate surface area is 63.8 Å². The number of halogens is 2. The van der Waals surface area contributed by atoms with Crippen molar-refractivity contribution in [2.45, 2.75) is 0 Å². The van der Waals surface area contributed by atoms with Gasteiger partial charge in [0.05, 0.1) is 1.37 Å². The summed E-state index contributed by atoms with van der Waals surface area (Å²) in [5.41, 5.74) is 0.137. The molecule has 0 aliphatic rings. The van der Waals surface area contributed by atoms with Crippen LogP contribution in [0.4, 0.5) is 4.39 Å². The first kappa shape index (κ1) is 5.86. The van der Waals surface area contributed by atoms with Gasteiger partial charge < -0.3 is 0 Å². The van der Waals surface area contributed by atoms with E-state index in [0.717, 1.165) is 12.1 Å². The zero-order valence-corrected chi connectivity index (χ0v) is 5.65. The number of benzene rings is 1. The van der Waals surface area contributed by atoms with Gasteiger partial charge in [0.1, 0.15) is 5.82 Å². The fraction of sp³-hybridized carbons (Fsp3) is 0. The third kappa shape index (κ3) is 1.54. The molecule has 0 aromatic heterocycles. The molecule has 0 unspecified atom stereocenters. The maximum absolute atomic E-state index is 12.4. The van der Waals surface area contributed by atoms with Crippen LogP contribution in [0.15, 0.2) is 24.2 Å². The van der Waals surface area contributed by atoms with Crippen molar-refractivity contribution in [1.29, 1.82) is 0 Å². The molecule has 0 radical (unpaired) electrons. The van der Waals surface area contributed by atoms with Crippen LogP contribution in [0.1, 0.15) is 11.7 Å². The van der Waals surface area contributed by atoms with Crippen molar-refractivity contribution >= 4 is 16.8 Å². The fourth-order valence-electron chi connectivity index (χ4n) is 0.528. The summed E-state index contributed by atoms with van der Waals surface area (Å²) in [6.45, 7) is 0. The topological polar surface area (TPSA) is 17.1 Å². The monoisotopic (exact) mass is 159 g/mol. The van der Waals surface area contributed by atoms with E-state index in [1.807, 2.05) is 0 Å². The van der Waals surface area contributed by atoms with Crippen molar-refractivity contribution in [2.75, 3.05) is 0 Å². The van der Waals surface area contributed by atoms with Crippen LogP contribution in [0.5, 0.6) is 0 Å². The van der Waals surface area contributed by atoms with Crippen molar-refractivity contribution in [3.05, 3.63) is 35.6 Å². The molecule has 52 valence electrons. The lowest BCUT2D eigenvalue weighted by molar-refractivity contribution is 0.108. The summed E-state index contributed by atoms with van der Waals surface area (Å²) in [5.74, 6) is -0.660. The van der Waals surface area contributed by atoms with Crippen molar-refractivity contribution in [3.63, 3.8) is 0 Å². The second-order valence-corrected chi connectivity index (χ2v) is 2.04.